The Morgan fingerprint density at radius 2 is 1.88 bits per heavy atom. The molecule has 1 fully saturated rings. The molecule has 2 rings (SSSR count). The second kappa shape index (κ2) is 13.0. The van der Waals surface area contributed by atoms with Crippen LogP contribution in [0.5, 0.6) is 0 Å². The first kappa shape index (κ1) is 26.4. The largest absolute Gasteiger partial charge is 0.455 e. The quantitative estimate of drug-likeness (QED) is 0.159. The predicted molar refractivity (Wildman–Crippen MR) is 117 cm³/mol. The molecule has 1 aromatic carbocycles. The number of aliphatic hydroxyl groups excluding tert-OH is 2. The molecule has 33 heavy (non-hydrogen) atoms. The van der Waals surface area contributed by atoms with Gasteiger partial charge >= 0.3 is 5.97 Å². The predicted octanol–water partition coefficient (Wildman–Crippen LogP) is -2.03. The SMILES string of the molecule is CC(O)[C@H](NC(=O)C1CNCC(O)C1)C(=O)N[C@@H](CCN)C(=O)C(=O)OCc1ccccc1. The molecule has 7 N–H and O–H groups in total. The van der Waals surface area contributed by atoms with Crippen LogP contribution in [0, 0.1) is 5.92 Å². The monoisotopic (exact) mass is 464 g/mol. The molecule has 2 amide bonds. The maximum atomic E-state index is 12.8. The van der Waals surface area contributed by atoms with Crippen molar-refractivity contribution in [2.75, 3.05) is 19.6 Å². The van der Waals surface area contributed by atoms with Gasteiger partial charge in [-0.1, -0.05) is 30.3 Å². The molecule has 0 radical (unpaired) electrons. The van der Waals surface area contributed by atoms with Crippen molar-refractivity contribution < 1.29 is 34.1 Å². The number of carbonyl (C=O) groups excluding carboxylic acids is 4. The third kappa shape index (κ3) is 8.21. The zero-order valence-electron chi connectivity index (χ0n) is 18.5. The number of Topliss-reactive ketones (excluding diaryl/α,β-unsaturated/α-hetero) is 1. The molecule has 182 valence electrons. The van der Waals surface area contributed by atoms with Crippen LogP contribution in [0.25, 0.3) is 0 Å². The third-order valence-corrected chi connectivity index (χ3v) is 5.26. The van der Waals surface area contributed by atoms with Gasteiger partial charge < -0.3 is 36.6 Å². The molecule has 1 aliphatic rings. The summed E-state index contributed by atoms with van der Waals surface area (Å²) in [7, 11) is 0. The van der Waals surface area contributed by atoms with Crippen LogP contribution >= 0.6 is 0 Å². The van der Waals surface area contributed by atoms with E-state index in [4.69, 9.17) is 10.5 Å². The van der Waals surface area contributed by atoms with Crippen LogP contribution in [0.4, 0.5) is 0 Å². The van der Waals surface area contributed by atoms with Crippen molar-refractivity contribution in [1.82, 2.24) is 16.0 Å². The van der Waals surface area contributed by atoms with E-state index in [9.17, 15) is 29.4 Å². The molecule has 0 aromatic heterocycles. The molecule has 1 aliphatic heterocycles. The number of nitrogens with one attached hydrogen (secondary N) is 3. The van der Waals surface area contributed by atoms with Crippen LogP contribution in [-0.2, 0) is 30.5 Å². The molecule has 1 heterocycles. The lowest BCUT2D eigenvalue weighted by atomic mass is 9.96. The lowest BCUT2D eigenvalue weighted by Crippen LogP contribution is -2.58. The Balaban J connectivity index is 1.98. The zero-order chi connectivity index (χ0) is 24.4. The van der Waals surface area contributed by atoms with Crippen LogP contribution in [-0.4, -0.2) is 77.7 Å². The van der Waals surface area contributed by atoms with Crippen molar-refractivity contribution in [3.8, 4) is 0 Å². The summed E-state index contributed by atoms with van der Waals surface area (Å²) in [5.74, 6) is -4.06. The number of benzene rings is 1. The van der Waals surface area contributed by atoms with Crippen LogP contribution in [0.1, 0.15) is 25.3 Å². The highest BCUT2D eigenvalue weighted by Gasteiger charge is 2.34. The Morgan fingerprint density at radius 3 is 2.48 bits per heavy atom. The fourth-order valence-corrected chi connectivity index (χ4v) is 3.43. The fraction of sp³-hybridized carbons (Fsp3) is 0.545. The van der Waals surface area contributed by atoms with E-state index >= 15 is 0 Å². The lowest BCUT2D eigenvalue weighted by Gasteiger charge is -2.29. The maximum absolute atomic E-state index is 12.8. The van der Waals surface area contributed by atoms with Gasteiger partial charge in [0.1, 0.15) is 18.7 Å². The Bertz CT molecular complexity index is 818. The molecule has 1 aromatic rings. The van der Waals surface area contributed by atoms with E-state index in [2.05, 4.69) is 16.0 Å². The van der Waals surface area contributed by atoms with Crippen molar-refractivity contribution >= 4 is 23.6 Å². The van der Waals surface area contributed by atoms with Gasteiger partial charge in [0.05, 0.1) is 18.1 Å². The molecule has 5 atom stereocenters. The Kier molecular flexibility index (Phi) is 10.4. The molecule has 0 aliphatic carbocycles. The first-order valence-electron chi connectivity index (χ1n) is 10.9. The zero-order valence-corrected chi connectivity index (χ0v) is 18.5. The maximum Gasteiger partial charge on any atom is 0.377 e. The van der Waals surface area contributed by atoms with Gasteiger partial charge in [-0.3, -0.25) is 14.4 Å². The van der Waals surface area contributed by atoms with Gasteiger partial charge in [-0.15, -0.1) is 0 Å². The Morgan fingerprint density at radius 1 is 1.18 bits per heavy atom. The topological polar surface area (TPSA) is 180 Å². The summed E-state index contributed by atoms with van der Waals surface area (Å²) in [5, 5.41) is 27.5. The Hall–Kier alpha value is -2.86. The van der Waals surface area contributed by atoms with Crippen LogP contribution in [0.3, 0.4) is 0 Å². The molecule has 3 unspecified atom stereocenters. The molecule has 1 saturated heterocycles. The summed E-state index contributed by atoms with van der Waals surface area (Å²) in [5.41, 5.74) is 6.22. The van der Waals surface area contributed by atoms with Gasteiger partial charge in [-0.25, -0.2) is 4.79 Å². The number of hydrogen-bond acceptors (Lipinski definition) is 9. The van der Waals surface area contributed by atoms with Crippen LogP contribution in [0.2, 0.25) is 0 Å². The van der Waals surface area contributed by atoms with Gasteiger partial charge in [-0.05, 0) is 31.9 Å². The second-order valence-electron chi connectivity index (χ2n) is 8.04. The molecule has 11 nitrogen and oxygen atoms in total. The molecule has 11 heteroatoms. The molecule has 0 bridgehead atoms. The number of piperidine rings is 1. The smallest absolute Gasteiger partial charge is 0.377 e. The van der Waals surface area contributed by atoms with E-state index in [0.717, 1.165) is 0 Å². The van der Waals surface area contributed by atoms with E-state index in [1.54, 1.807) is 30.3 Å². The summed E-state index contributed by atoms with van der Waals surface area (Å²) in [6.07, 6.45) is -1.80. The first-order chi connectivity index (χ1) is 15.7. The minimum atomic E-state index is -1.37. The minimum absolute atomic E-state index is 0.0000117. The number of ketones is 1. The van der Waals surface area contributed by atoms with E-state index in [-0.39, 0.29) is 26.0 Å². The third-order valence-electron chi connectivity index (χ3n) is 5.26. The summed E-state index contributed by atoms with van der Waals surface area (Å²) < 4.78 is 5.03. The normalized spacial score (nSPS) is 20.7. The number of nitrogens with two attached hydrogens (primary N) is 1. The summed E-state index contributed by atoms with van der Waals surface area (Å²) >= 11 is 0. The van der Waals surface area contributed by atoms with Crippen molar-refractivity contribution in [3.63, 3.8) is 0 Å². The summed E-state index contributed by atoms with van der Waals surface area (Å²) in [6.45, 7) is 1.89. The molecule has 0 saturated carbocycles. The summed E-state index contributed by atoms with van der Waals surface area (Å²) in [4.78, 5) is 50.1. The number of β-amino-alcohol motifs (C(OH)–C–C–N with tert-alkyl or cyclic N) is 1. The number of hydrogen-bond donors (Lipinski definition) is 6. The highest BCUT2D eigenvalue weighted by molar-refractivity contribution is 6.36. The number of carbonyl (C=O) groups is 4. The lowest BCUT2D eigenvalue weighted by molar-refractivity contribution is -0.156. The number of esters is 1. The van der Waals surface area contributed by atoms with Gasteiger partial charge in [0, 0.05) is 13.1 Å². The fourth-order valence-electron chi connectivity index (χ4n) is 3.43. The van der Waals surface area contributed by atoms with Gasteiger partial charge in [0.25, 0.3) is 5.78 Å². The van der Waals surface area contributed by atoms with Gasteiger partial charge in [0.2, 0.25) is 11.8 Å². The average molecular weight is 465 g/mol. The number of rotatable bonds is 11. The highest BCUT2D eigenvalue weighted by atomic mass is 16.5. The standard InChI is InChI=1S/C22H32N4O7/c1-13(27)18(26-20(30)15-9-16(28)11-24-10-15)21(31)25-17(7-8-23)19(29)22(32)33-12-14-5-3-2-4-6-14/h2-6,13,15-18,24,27-28H,7-12,23H2,1H3,(H,25,31)(H,26,30)/t13?,15?,16?,17-,18-/m0/s1. The number of aliphatic hydroxyl groups is 2. The van der Waals surface area contributed by atoms with Crippen molar-refractivity contribution in [2.24, 2.45) is 11.7 Å². The minimum Gasteiger partial charge on any atom is -0.455 e. The van der Waals surface area contributed by atoms with E-state index < -0.39 is 53.8 Å². The summed E-state index contributed by atoms with van der Waals surface area (Å²) in [6, 6.07) is 6.13. The Labute approximate surface area is 192 Å². The molecular formula is C22H32N4O7. The van der Waals surface area contributed by atoms with Crippen molar-refractivity contribution in [1.29, 1.82) is 0 Å². The number of ether oxygens (including phenoxy) is 1. The molecular weight excluding hydrogens is 432 g/mol. The van der Waals surface area contributed by atoms with Crippen LogP contribution < -0.4 is 21.7 Å². The molecule has 0 spiro atoms. The van der Waals surface area contributed by atoms with Crippen molar-refractivity contribution in [3.05, 3.63) is 35.9 Å². The van der Waals surface area contributed by atoms with Crippen molar-refractivity contribution in [2.45, 2.75) is 50.7 Å². The van der Waals surface area contributed by atoms with Gasteiger partial charge in [0.15, 0.2) is 0 Å². The number of amides is 2. The average Bonchev–Trinajstić information content (AvgIpc) is 2.80. The van der Waals surface area contributed by atoms with Crippen LogP contribution in [0.15, 0.2) is 30.3 Å². The van der Waals surface area contributed by atoms with Gasteiger partial charge in [-0.2, -0.15) is 0 Å². The van der Waals surface area contributed by atoms with E-state index in [0.29, 0.717) is 18.7 Å². The highest BCUT2D eigenvalue weighted by Crippen LogP contribution is 2.12. The second-order valence-corrected chi connectivity index (χ2v) is 8.04. The van der Waals surface area contributed by atoms with E-state index in [1.165, 1.54) is 6.92 Å². The van der Waals surface area contributed by atoms with E-state index in [1.807, 2.05) is 0 Å². The first-order valence-corrected chi connectivity index (χ1v) is 10.9.